The molecule has 1 saturated carbocycles. The monoisotopic (exact) mass is 261 g/mol. The van der Waals surface area contributed by atoms with E-state index in [4.69, 9.17) is 5.11 Å². The minimum absolute atomic E-state index is 0.0938. The Balaban J connectivity index is 1.77. The summed E-state index contributed by atoms with van der Waals surface area (Å²) >= 11 is 0. The van der Waals surface area contributed by atoms with Gasteiger partial charge in [0.15, 0.2) is 0 Å². The van der Waals surface area contributed by atoms with E-state index in [1.165, 1.54) is 0 Å². The second-order valence-corrected chi connectivity index (χ2v) is 5.06. The van der Waals surface area contributed by atoms with E-state index < -0.39 is 11.9 Å². The van der Waals surface area contributed by atoms with Crippen molar-refractivity contribution in [1.29, 1.82) is 0 Å². The van der Waals surface area contributed by atoms with Gasteiger partial charge in [-0.05, 0) is 18.6 Å². The van der Waals surface area contributed by atoms with E-state index in [9.17, 15) is 9.59 Å². The highest BCUT2D eigenvalue weighted by Crippen LogP contribution is 2.40. The van der Waals surface area contributed by atoms with Crippen molar-refractivity contribution in [1.82, 2.24) is 14.8 Å². The topological polar surface area (TPSA) is 73.7 Å². The molecule has 3 rings (SSSR count). The molecule has 2 heterocycles. The van der Waals surface area contributed by atoms with Crippen LogP contribution in [0.4, 0.5) is 4.79 Å². The number of amides is 2. The SMILES string of the molecule is CN1C(=O)N(C2CC2C(=O)O)CC1c1ccccn1. The number of carboxylic acid groups (broad SMARTS) is 1. The van der Waals surface area contributed by atoms with Gasteiger partial charge in [-0.2, -0.15) is 0 Å². The summed E-state index contributed by atoms with van der Waals surface area (Å²) in [6.45, 7) is 0.515. The Morgan fingerprint density at radius 1 is 1.47 bits per heavy atom. The fourth-order valence-electron chi connectivity index (χ4n) is 2.66. The number of carbonyl (C=O) groups is 2. The molecule has 1 saturated heterocycles. The zero-order valence-corrected chi connectivity index (χ0v) is 10.6. The van der Waals surface area contributed by atoms with E-state index in [1.54, 1.807) is 23.0 Å². The molecule has 1 aliphatic carbocycles. The lowest BCUT2D eigenvalue weighted by Crippen LogP contribution is -2.33. The lowest BCUT2D eigenvalue weighted by Gasteiger charge is -2.16. The molecule has 100 valence electrons. The number of aromatic nitrogens is 1. The van der Waals surface area contributed by atoms with Gasteiger partial charge in [0.1, 0.15) is 0 Å². The number of pyridine rings is 1. The van der Waals surface area contributed by atoms with Crippen molar-refractivity contribution in [2.45, 2.75) is 18.5 Å². The average Bonchev–Trinajstić information content (AvgIpc) is 3.15. The van der Waals surface area contributed by atoms with Crippen molar-refractivity contribution in [3.05, 3.63) is 30.1 Å². The fourth-order valence-corrected chi connectivity index (χ4v) is 2.66. The van der Waals surface area contributed by atoms with Crippen LogP contribution in [0, 0.1) is 5.92 Å². The van der Waals surface area contributed by atoms with E-state index in [2.05, 4.69) is 4.98 Å². The number of aliphatic carboxylic acids is 1. The van der Waals surface area contributed by atoms with Gasteiger partial charge in [0.05, 0.1) is 17.7 Å². The summed E-state index contributed by atoms with van der Waals surface area (Å²) in [5, 5.41) is 8.96. The maximum Gasteiger partial charge on any atom is 0.320 e. The summed E-state index contributed by atoms with van der Waals surface area (Å²) in [4.78, 5) is 30.7. The molecule has 0 aromatic carbocycles. The van der Waals surface area contributed by atoms with Crippen LogP contribution < -0.4 is 0 Å². The number of carbonyl (C=O) groups excluding carboxylic acids is 1. The summed E-state index contributed by atoms with van der Waals surface area (Å²) in [7, 11) is 1.74. The molecule has 1 N–H and O–H groups in total. The van der Waals surface area contributed by atoms with E-state index >= 15 is 0 Å². The molecule has 1 aromatic heterocycles. The third-order valence-electron chi connectivity index (χ3n) is 3.89. The third kappa shape index (κ3) is 1.93. The zero-order chi connectivity index (χ0) is 13.6. The van der Waals surface area contributed by atoms with E-state index in [-0.39, 0.29) is 18.1 Å². The Bertz CT molecular complexity index is 519. The van der Waals surface area contributed by atoms with Crippen LogP contribution >= 0.6 is 0 Å². The van der Waals surface area contributed by atoms with Crippen LogP contribution in [0.3, 0.4) is 0 Å². The quantitative estimate of drug-likeness (QED) is 0.879. The highest BCUT2D eigenvalue weighted by Gasteiger charge is 2.53. The van der Waals surface area contributed by atoms with Crippen LogP contribution in [0.25, 0.3) is 0 Å². The van der Waals surface area contributed by atoms with Gasteiger partial charge in [-0.3, -0.25) is 9.78 Å². The first-order valence-corrected chi connectivity index (χ1v) is 6.26. The van der Waals surface area contributed by atoms with Gasteiger partial charge < -0.3 is 14.9 Å². The van der Waals surface area contributed by atoms with Gasteiger partial charge in [0.25, 0.3) is 0 Å². The summed E-state index contributed by atoms with van der Waals surface area (Å²) in [6.07, 6.45) is 2.26. The molecule has 2 aliphatic rings. The Morgan fingerprint density at radius 2 is 2.26 bits per heavy atom. The number of nitrogens with zero attached hydrogens (tertiary/aromatic N) is 3. The Morgan fingerprint density at radius 3 is 2.84 bits per heavy atom. The van der Waals surface area contributed by atoms with Crippen molar-refractivity contribution in [3.8, 4) is 0 Å². The number of urea groups is 1. The molecule has 3 unspecified atom stereocenters. The zero-order valence-electron chi connectivity index (χ0n) is 10.6. The summed E-state index contributed by atoms with van der Waals surface area (Å²) in [6, 6.07) is 5.26. The molecule has 3 atom stereocenters. The second-order valence-electron chi connectivity index (χ2n) is 5.06. The highest BCUT2D eigenvalue weighted by molar-refractivity contribution is 5.81. The smallest absolute Gasteiger partial charge is 0.320 e. The van der Waals surface area contributed by atoms with Crippen molar-refractivity contribution in [2.24, 2.45) is 5.92 Å². The number of hydrogen-bond donors (Lipinski definition) is 1. The molecule has 0 spiro atoms. The molecule has 6 nitrogen and oxygen atoms in total. The van der Waals surface area contributed by atoms with E-state index in [0.717, 1.165) is 5.69 Å². The first-order chi connectivity index (χ1) is 9.09. The number of carboxylic acids is 1. The highest BCUT2D eigenvalue weighted by atomic mass is 16.4. The maximum absolute atomic E-state index is 12.2. The largest absolute Gasteiger partial charge is 0.481 e. The number of hydrogen-bond acceptors (Lipinski definition) is 3. The van der Waals surface area contributed by atoms with Gasteiger partial charge in [-0.15, -0.1) is 0 Å². The molecule has 0 radical (unpaired) electrons. The van der Waals surface area contributed by atoms with Crippen molar-refractivity contribution in [2.75, 3.05) is 13.6 Å². The lowest BCUT2D eigenvalue weighted by molar-refractivity contribution is -0.138. The Labute approximate surface area is 110 Å². The lowest BCUT2D eigenvalue weighted by atomic mass is 10.2. The molecule has 2 fully saturated rings. The molecule has 19 heavy (non-hydrogen) atoms. The summed E-state index contributed by atoms with van der Waals surface area (Å²) in [5.41, 5.74) is 0.841. The minimum Gasteiger partial charge on any atom is -0.481 e. The van der Waals surface area contributed by atoms with Gasteiger partial charge in [0.2, 0.25) is 0 Å². The van der Waals surface area contributed by atoms with E-state index in [1.807, 2.05) is 18.2 Å². The number of likely N-dealkylation sites (N-methyl/N-ethyl adjacent to an activating group) is 1. The predicted molar refractivity (Wildman–Crippen MR) is 66.4 cm³/mol. The third-order valence-corrected chi connectivity index (χ3v) is 3.89. The van der Waals surface area contributed by atoms with Crippen LogP contribution in [-0.4, -0.2) is 51.5 Å². The molecular formula is C13H15N3O3. The molecule has 0 bridgehead atoms. The van der Waals surface area contributed by atoms with Crippen molar-refractivity contribution >= 4 is 12.0 Å². The minimum atomic E-state index is -0.818. The standard InChI is InChI=1S/C13H15N3O3/c1-15-11(9-4-2-3-5-14-9)7-16(13(15)19)10-6-8(10)12(17)18/h2-5,8,10-11H,6-7H2,1H3,(H,17,18). The second kappa shape index (κ2) is 4.22. The average molecular weight is 261 g/mol. The fraction of sp³-hybridized carbons (Fsp3) is 0.462. The summed E-state index contributed by atoms with van der Waals surface area (Å²) in [5.74, 6) is -1.22. The van der Waals surface area contributed by atoms with Gasteiger partial charge in [0, 0.05) is 25.8 Å². The molecule has 1 aromatic rings. The van der Waals surface area contributed by atoms with Gasteiger partial charge in [-0.25, -0.2) is 4.79 Å². The van der Waals surface area contributed by atoms with Gasteiger partial charge in [-0.1, -0.05) is 6.07 Å². The Hall–Kier alpha value is -2.11. The Kier molecular flexibility index (Phi) is 2.66. The first kappa shape index (κ1) is 12.0. The van der Waals surface area contributed by atoms with Crippen molar-refractivity contribution < 1.29 is 14.7 Å². The first-order valence-electron chi connectivity index (χ1n) is 6.26. The predicted octanol–water partition coefficient (Wildman–Crippen LogP) is 0.963. The molecule has 2 amide bonds. The van der Waals surface area contributed by atoms with Crippen LogP contribution in [0.2, 0.25) is 0 Å². The number of rotatable bonds is 3. The van der Waals surface area contributed by atoms with Crippen LogP contribution in [0.15, 0.2) is 24.4 Å². The van der Waals surface area contributed by atoms with Gasteiger partial charge >= 0.3 is 12.0 Å². The molecule has 1 aliphatic heterocycles. The summed E-state index contributed by atoms with van der Waals surface area (Å²) < 4.78 is 0. The normalized spacial score (nSPS) is 29.7. The van der Waals surface area contributed by atoms with Crippen molar-refractivity contribution in [3.63, 3.8) is 0 Å². The van der Waals surface area contributed by atoms with Crippen LogP contribution in [-0.2, 0) is 4.79 Å². The van der Waals surface area contributed by atoms with Crippen LogP contribution in [0.5, 0.6) is 0 Å². The molecular weight excluding hydrogens is 246 g/mol. The van der Waals surface area contributed by atoms with Crippen LogP contribution in [0.1, 0.15) is 18.2 Å². The maximum atomic E-state index is 12.2. The van der Waals surface area contributed by atoms with E-state index in [0.29, 0.717) is 13.0 Å². The molecule has 6 heteroatoms.